The van der Waals surface area contributed by atoms with Crippen LogP contribution in [0.3, 0.4) is 0 Å². The van der Waals surface area contributed by atoms with Crippen molar-refractivity contribution in [1.29, 1.82) is 0 Å². The standard InChI is InChI=1S/C21H24FNO5/c1-3-27-16-10-8-14(9-11-16)12-15(21(25)26)13-23-20(24)17-6-5-7-18(22)19(17)28-4-2/h5-11,15H,3-4,12-13H2,1-2H3,(H,23,24)(H,25,26). The van der Waals surface area contributed by atoms with Crippen molar-refractivity contribution in [3.8, 4) is 11.5 Å². The van der Waals surface area contributed by atoms with Gasteiger partial charge in [0.25, 0.3) is 5.91 Å². The van der Waals surface area contributed by atoms with Crippen molar-refractivity contribution in [3.63, 3.8) is 0 Å². The first-order valence-corrected chi connectivity index (χ1v) is 9.10. The first kappa shape index (κ1) is 21.2. The number of halogens is 1. The van der Waals surface area contributed by atoms with E-state index in [0.29, 0.717) is 12.4 Å². The number of carbonyl (C=O) groups is 2. The van der Waals surface area contributed by atoms with Gasteiger partial charge in [-0.05, 0) is 50.1 Å². The Labute approximate surface area is 163 Å². The summed E-state index contributed by atoms with van der Waals surface area (Å²) < 4.78 is 24.5. The molecule has 150 valence electrons. The Morgan fingerprint density at radius 1 is 1.07 bits per heavy atom. The third-order valence-corrected chi connectivity index (χ3v) is 4.08. The van der Waals surface area contributed by atoms with Crippen LogP contribution in [0.25, 0.3) is 0 Å². The highest BCUT2D eigenvalue weighted by molar-refractivity contribution is 5.97. The summed E-state index contributed by atoms with van der Waals surface area (Å²) in [5.74, 6) is -2.51. The molecule has 6 nitrogen and oxygen atoms in total. The van der Waals surface area contributed by atoms with E-state index in [-0.39, 0.29) is 30.9 Å². The number of ether oxygens (including phenoxy) is 2. The highest BCUT2D eigenvalue weighted by atomic mass is 19.1. The van der Waals surface area contributed by atoms with Crippen LogP contribution in [-0.4, -0.2) is 36.7 Å². The normalized spacial score (nSPS) is 11.5. The van der Waals surface area contributed by atoms with Gasteiger partial charge in [0.1, 0.15) is 5.75 Å². The lowest BCUT2D eigenvalue weighted by Gasteiger charge is -2.15. The predicted octanol–water partition coefficient (Wildman–Crippen LogP) is 3.30. The van der Waals surface area contributed by atoms with E-state index < -0.39 is 23.6 Å². The average Bonchev–Trinajstić information content (AvgIpc) is 2.68. The second-order valence-corrected chi connectivity index (χ2v) is 6.08. The molecule has 0 bridgehead atoms. The zero-order valence-corrected chi connectivity index (χ0v) is 15.9. The molecule has 0 saturated heterocycles. The number of carbonyl (C=O) groups excluding carboxylic acids is 1. The van der Waals surface area contributed by atoms with E-state index in [1.807, 2.05) is 6.92 Å². The van der Waals surface area contributed by atoms with Crippen LogP contribution in [0.1, 0.15) is 29.8 Å². The monoisotopic (exact) mass is 389 g/mol. The van der Waals surface area contributed by atoms with Gasteiger partial charge in [-0.3, -0.25) is 9.59 Å². The zero-order chi connectivity index (χ0) is 20.5. The molecule has 0 heterocycles. The molecule has 0 aliphatic rings. The summed E-state index contributed by atoms with van der Waals surface area (Å²) in [4.78, 5) is 24.0. The van der Waals surface area contributed by atoms with Gasteiger partial charge in [0, 0.05) is 6.54 Å². The minimum atomic E-state index is -1.03. The fourth-order valence-electron chi connectivity index (χ4n) is 2.71. The Bertz CT molecular complexity index is 807. The molecule has 0 saturated carbocycles. The number of para-hydroxylation sites is 1. The lowest BCUT2D eigenvalue weighted by Crippen LogP contribution is -2.34. The van der Waals surface area contributed by atoms with Gasteiger partial charge in [0.05, 0.1) is 24.7 Å². The van der Waals surface area contributed by atoms with Gasteiger partial charge in [-0.2, -0.15) is 0 Å². The van der Waals surface area contributed by atoms with Crippen molar-refractivity contribution in [2.45, 2.75) is 20.3 Å². The van der Waals surface area contributed by atoms with E-state index in [1.165, 1.54) is 18.2 Å². The van der Waals surface area contributed by atoms with E-state index >= 15 is 0 Å². The quantitative estimate of drug-likeness (QED) is 0.651. The summed E-state index contributed by atoms with van der Waals surface area (Å²) >= 11 is 0. The van der Waals surface area contributed by atoms with Crippen molar-refractivity contribution in [3.05, 3.63) is 59.4 Å². The van der Waals surface area contributed by atoms with Crippen molar-refractivity contribution in [2.24, 2.45) is 5.92 Å². The summed E-state index contributed by atoms with van der Waals surface area (Å²) in [6.45, 7) is 4.23. The van der Waals surface area contributed by atoms with E-state index in [4.69, 9.17) is 9.47 Å². The van der Waals surface area contributed by atoms with Crippen molar-refractivity contribution >= 4 is 11.9 Å². The third kappa shape index (κ3) is 5.70. The molecule has 0 spiro atoms. The SMILES string of the molecule is CCOc1ccc(CC(CNC(=O)c2cccc(F)c2OCC)C(=O)O)cc1. The Kier molecular flexibility index (Phi) is 7.80. The number of nitrogens with one attached hydrogen (secondary N) is 1. The molecule has 28 heavy (non-hydrogen) atoms. The minimum Gasteiger partial charge on any atom is -0.494 e. The number of carboxylic acid groups (broad SMARTS) is 1. The molecule has 2 aromatic carbocycles. The number of hydrogen-bond acceptors (Lipinski definition) is 4. The van der Waals surface area contributed by atoms with Gasteiger partial charge in [-0.25, -0.2) is 4.39 Å². The van der Waals surface area contributed by atoms with E-state index in [1.54, 1.807) is 31.2 Å². The van der Waals surface area contributed by atoms with Crippen molar-refractivity contribution in [2.75, 3.05) is 19.8 Å². The fourth-order valence-corrected chi connectivity index (χ4v) is 2.71. The highest BCUT2D eigenvalue weighted by Crippen LogP contribution is 2.23. The topological polar surface area (TPSA) is 84.9 Å². The molecular formula is C21H24FNO5. The summed E-state index contributed by atoms with van der Waals surface area (Å²) in [5, 5.41) is 12.0. The number of aliphatic carboxylic acids is 1. The van der Waals surface area contributed by atoms with E-state index in [2.05, 4.69) is 5.32 Å². The maximum Gasteiger partial charge on any atom is 0.308 e. The molecule has 0 fully saturated rings. The Hall–Kier alpha value is -3.09. The lowest BCUT2D eigenvalue weighted by atomic mass is 9.99. The minimum absolute atomic E-state index is 0.0343. The maximum absolute atomic E-state index is 13.9. The number of amides is 1. The first-order chi connectivity index (χ1) is 13.5. The molecular weight excluding hydrogens is 365 g/mol. The molecule has 2 N–H and O–H groups in total. The number of benzene rings is 2. The van der Waals surface area contributed by atoms with Gasteiger partial charge < -0.3 is 19.9 Å². The van der Waals surface area contributed by atoms with Gasteiger partial charge in [0.15, 0.2) is 11.6 Å². The van der Waals surface area contributed by atoms with Gasteiger partial charge in [0.2, 0.25) is 0 Å². The molecule has 1 unspecified atom stereocenters. The molecule has 7 heteroatoms. The van der Waals surface area contributed by atoms with Crippen LogP contribution in [0.15, 0.2) is 42.5 Å². The van der Waals surface area contributed by atoms with Crippen molar-refractivity contribution < 1.29 is 28.6 Å². The average molecular weight is 389 g/mol. The van der Waals surface area contributed by atoms with Gasteiger partial charge in [-0.1, -0.05) is 18.2 Å². The summed E-state index contributed by atoms with van der Waals surface area (Å²) in [7, 11) is 0. The van der Waals surface area contributed by atoms with Crippen molar-refractivity contribution in [1.82, 2.24) is 5.32 Å². The molecule has 0 aromatic heterocycles. The van der Waals surface area contributed by atoms with Crippen LogP contribution < -0.4 is 14.8 Å². The maximum atomic E-state index is 13.9. The van der Waals surface area contributed by atoms with Crippen LogP contribution in [0, 0.1) is 11.7 Å². The Morgan fingerprint density at radius 2 is 1.75 bits per heavy atom. The molecule has 2 aromatic rings. The smallest absolute Gasteiger partial charge is 0.308 e. The summed E-state index contributed by atoms with van der Waals surface area (Å²) in [5.41, 5.74) is 0.845. The molecule has 1 amide bonds. The highest BCUT2D eigenvalue weighted by Gasteiger charge is 2.21. The van der Waals surface area contributed by atoms with E-state index in [0.717, 1.165) is 5.56 Å². The van der Waals surface area contributed by atoms with Crippen LogP contribution in [-0.2, 0) is 11.2 Å². The summed E-state index contributed by atoms with van der Waals surface area (Å²) in [6.07, 6.45) is 0.240. The largest absolute Gasteiger partial charge is 0.494 e. The number of hydrogen-bond donors (Lipinski definition) is 2. The Morgan fingerprint density at radius 3 is 2.36 bits per heavy atom. The number of rotatable bonds is 10. The lowest BCUT2D eigenvalue weighted by molar-refractivity contribution is -0.141. The van der Waals surface area contributed by atoms with E-state index in [9.17, 15) is 19.1 Å². The Balaban J connectivity index is 2.04. The second kappa shape index (κ2) is 10.3. The molecule has 2 rings (SSSR count). The second-order valence-electron chi connectivity index (χ2n) is 6.08. The van der Waals surface area contributed by atoms with Crippen LogP contribution in [0.4, 0.5) is 4.39 Å². The third-order valence-electron chi connectivity index (χ3n) is 4.08. The summed E-state index contributed by atoms with van der Waals surface area (Å²) in [6, 6.07) is 11.2. The molecule has 0 aliphatic carbocycles. The first-order valence-electron chi connectivity index (χ1n) is 9.10. The van der Waals surface area contributed by atoms with Crippen LogP contribution in [0.5, 0.6) is 11.5 Å². The fraction of sp³-hybridized carbons (Fsp3) is 0.333. The molecule has 0 radical (unpaired) electrons. The molecule has 1 atom stereocenters. The molecule has 0 aliphatic heterocycles. The van der Waals surface area contributed by atoms with Gasteiger partial charge in [-0.15, -0.1) is 0 Å². The van der Waals surface area contributed by atoms with Gasteiger partial charge >= 0.3 is 5.97 Å². The number of carboxylic acids is 1. The predicted molar refractivity (Wildman–Crippen MR) is 102 cm³/mol. The van der Waals surface area contributed by atoms with Crippen LogP contribution >= 0.6 is 0 Å². The zero-order valence-electron chi connectivity index (χ0n) is 15.9. The van der Waals surface area contributed by atoms with Crippen LogP contribution in [0.2, 0.25) is 0 Å².